The third-order valence-corrected chi connectivity index (χ3v) is 5.04. The van der Waals surface area contributed by atoms with Crippen LogP contribution >= 0.6 is 11.3 Å². The number of ether oxygens (including phenoxy) is 1. The third kappa shape index (κ3) is 3.32. The van der Waals surface area contributed by atoms with Crippen molar-refractivity contribution in [1.29, 1.82) is 0 Å². The number of rotatable bonds is 5. The first-order valence-corrected chi connectivity index (χ1v) is 7.45. The van der Waals surface area contributed by atoms with Crippen LogP contribution in [0.4, 0.5) is 0 Å². The monoisotopic (exact) mass is 269 g/mol. The predicted octanol–water partition coefficient (Wildman–Crippen LogP) is 2.50. The minimum Gasteiger partial charge on any atom is -0.396 e. The Labute approximate surface area is 113 Å². The van der Waals surface area contributed by atoms with Gasteiger partial charge in [-0.25, -0.2) is 0 Å². The highest BCUT2D eigenvalue weighted by molar-refractivity contribution is 7.12. The molecule has 18 heavy (non-hydrogen) atoms. The van der Waals surface area contributed by atoms with E-state index in [0.29, 0.717) is 6.04 Å². The Morgan fingerprint density at radius 3 is 2.72 bits per heavy atom. The third-order valence-electron chi connectivity index (χ3n) is 3.86. The minimum absolute atomic E-state index is 0.0127. The molecule has 0 radical (unpaired) electrons. The van der Waals surface area contributed by atoms with Gasteiger partial charge >= 0.3 is 0 Å². The van der Waals surface area contributed by atoms with E-state index >= 15 is 0 Å². The van der Waals surface area contributed by atoms with Crippen LogP contribution in [0.2, 0.25) is 0 Å². The molecule has 102 valence electrons. The van der Waals surface area contributed by atoms with Gasteiger partial charge in [0.2, 0.25) is 0 Å². The molecule has 2 rings (SSSR count). The Kier molecular flexibility index (Phi) is 4.78. The van der Waals surface area contributed by atoms with Crippen molar-refractivity contribution in [3.05, 3.63) is 21.9 Å². The van der Waals surface area contributed by atoms with Crippen LogP contribution in [-0.2, 0) is 4.74 Å². The van der Waals surface area contributed by atoms with Crippen molar-refractivity contribution in [2.45, 2.75) is 32.7 Å². The lowest BCUT2D eigenvalue weighted by Gasteiger charge is -2.36. The largest absolute Gasteiger partial charge is 0.396 e. The van der Waals surface area contributed by atoms with Crippen LogP contribution in [0.5, 0.6) is 0 Å². The second-order valence-corrected chi connectivity index (χ2v) is 6.64. The number of nitrogens with one attached hydrogen (secondary N) is 1. The standard InChI is InChI=1S/C14H23NO2S/c1-11-3-4-13(18-11)12(2)15-9-14(10-16)5-7-17-8-6-14/h3-4,12,15-16H,5-10H2,1-2H3. The molecule has 1 aliphatic rings. The lowest BCUT2D eigenvalue weighted by atomic mass is 9.81. The lowest BCUT2D eigenvalue weighted by Crippen LogP contribution is -2.42. The molecule has 0 amide bonds. The van der Waals surface area contributed by atoms with Gasteiger partial charge in [0.15, 0.2) is 0 Å². The van der Waals surface area contributed by atoms with Gasteiger partial charge in [0.25, 0.3) is 0 Å². The topological polar surface area (TPSA) is 41.5 Å². The minimum atomic E-state index is 0.0127. The molecule has 1 saturated heterocycles. The molecule has 0 aliphatic carbocycles. The molecule has 1 aliphatic heterocycles. The summed E-state index contributed by atoms with van der Waals surface area (Å²) >= 11 is 1.84. The molecule has 1 aromatic rings. The zero-order valence-electron chi connectivity index (χ0n) is 11.2. The van der Waals surface area contributed by atoms with Gasteiger partial charge in [-0.3, -0.25) is 0 Å². The first-order valence-electron chi connectivity index (χ1n) is 6.63. The number of aliphatic hydroxyl groups excluding tert-OH is 1. The van der Waals surface area contributed by atoms with Gasteiger partial charge < -0.3 is 15.2 Å². The van der Waals surface area contributed by atoms with Crippen LogP contribution in [0.25, 0.3) is 0 Å². The van der Waals surface area contributed by atoms with Gasteiger partial charge in [0.05, 0.1) is 6.61 Å². The second kappa shape index (κ2) is 6.15. The van der Waals surface area contributed by atoms with E-state index in [9.17, 15) is 5.11 Å². The zero-order valence-corrected chi connectivity index (χ0v) is 12.1. The van der Waals surface area contributed by atoms with E-state index in [-0.39, 0.29) is 12.0 Å². The summed E-state index contributed by atoms with van der Waals surface area (Å²) in [4.78, 5) is 2.72. The summed E-state index contributed by atoms with van der Waals surface area (Å²) in [5.41, 5.74) is 0.0127. The van der Waals surface area contributed by atoms with Crippen LogP contribution in [0.1, 0.15) is 35.6 Å². The second-order valence-electron chi connectivity index (χ2n) is 5.32. The number of aliphatic hydroxyl groups is 1. The summed E-state index contributed by atoms with van der Waals surface area (Å²) in [5.74, 6) is 0. The van der Waals surface area contributed by atoms with Gasteiger partial charge in [0.1, 0.15) is 0 Å². The van der Waals surface area contributed by atoms with Crippen molar-refractivity contribution in [2.75, 3.05) is 26.4 Å². The van der Waals surface area contributed by atoms with Crippen molar-refractivity contribution in [3.63, 3.8) is 0 Å². The normalized spacial score (nSPS) is 20.8. The van der Waals surface area contributed by atoms with Gasteiger partial charge in [-0.2, -0.15) is 0 Å². The molecule has 2 N–H and O–H groups in total. The van der Waals surface area contributed by atoms with Crippen LogP contribution in [0, 0.1) is 12.3 Å². The smallest absolute Gasteiger partial charge is 0.0501 e. The maximum absolute atomic E-state index is 9.64. The maximum Gasteiger partial charge on any atom is 0.0501 e. The summed E-state index contributed by atoms with van der Waals surface area (Å²) in [6, 6.07) is 4.71. The fourth-order valence-electron chi connectivity index (χ4n) is 2.35. The van der Waals surface area contributed by atoms with Crippen LogP contribution < -0.4 is 5.32 Å². The highest BCUT2D eigenvalue weighted by Crippen LogP contribution is 2.30. The summed E-state index contributed by atoms with van der Waals surface area (Å²) in [5, 5.41) is 13.2. The molecular weight excluding hydrogens is 246 g/mol. The van der Waals surface area contributed by atoms with Crippen molar-refractivity contribution in [3.8, 4) is 0 Å². The van der Waals surface area contributed by atoms with E-state index in [0.717, 1.165) is 32.6 Å². The molecule has 1 atom stereocenters. The molecule has 0 aromatic carbocycles. The van der Waals surface area contributed by atoms with E-state index in [2.05, 4.69) is 31.3 Å². The molecule has 1 unspecified atom stereocenters. The van der Waals surface area contributed by atoms with E-state index < -0.39 is 0 Å². The SMILES string of the molecule is Cc1ccc(C(C)NCC2(CO)CCOCC2)s1. The van der Waals surface area contributed by atoms with Crippen LogP contribution in [0.3, 0.4) is 0 Å². The van der Waals surface area contributed by atoms with Gasteiger partial charge in [-0.15, -0.1) is 11.3 Å². The molecule has 1 fully saturated rings. The Morgan fingerprint density at radius 2 is 2.17 bits per heavy atom. The summed E-state index contributed by atoms with van der Waals surface area (Å²) in [6.07, 6.45) is 1.90. The Bertz CT molecular complexity index is 372. The lowest BCUT2D eigenvalue weighted by molar-refractivity contribution is -0.0163. The molecular formula is C14H23NO2S. The highest BCUT2D eigenvalue weighted by Gasteiger charge is 2.32. The first kappa shape index (κ1) is 14.0. The van der Waals surface area contributed by atoms with Crippen molar-refractivity contribution >= 4 is 11.3 Å². The molecule has 2 heterocycles. The molecule has 0 bridgehead atoms. The summed E-state index contributed by atoms with van der Waals surface area (Å²) < 4.78 is 5.38. The fraction of sp³-hybridized carbons (Fsp3) is 0.714. The van der Waals surface area contributed by atoms with E-state index in [4.69, 9.17) is 4.74 Å². The maximum atomic E-state index is 9.64. The fourth-order valence-corrected chi connectivity index (χ4v) is 3.26. The number of hydrogen-bond donors (Lipinski definition) is 2. The van der Waals surface area contributed by atoms with E-state index in [1.54, 1.807) is 0 Å². The Balaban J connectivity index is 1.89. The predicted molar refractivity (Wildman–Crippen MR) is 75.0 cm³/mol. The van der Waals surface area contributed by atoms with Crippen LogP contribution in [-0.4, -0.2) is 31.5 Å². The molecule has 0 spiro atoms. The number of hydrogen-bond acceptors (Lipinski definition) is 4. The number of thiophene rings is 1. The first-order chi connectivity index (χ1) is 8.65. The summed E-state index contributed by atoms with van der Waals surface area (Å²) in [7, 11) is 0. The van der Waals surface area contributed by atoms with Gasteiger partial charge in [0, 0.05) is 41.0 Å². The summed E-state index contributed by atoms with van der Waals surface area (Å²) in [6.45, 7) is 6.98. The molecule has 3 nitrogen and oxygen atoms in total. The van der Waals surface area contributed by atoms with Crippen molar-refractivity contribution < 1.29 is 9.84 Å². The van der Waals surface area contributed by atoms with Crippen molar-refractivity contribution in [2.24, 2.45) is 5.41 Å². The van der Waals surface area contributed by atoms with E-state index in [1.807, 2.05) is 11.3 Å². The average molecular weight is 269 g/mol. The van der Waals surface area contributed by atoms with Gasteiger partial charge in [-0.1, -0.05) is 0 Å². The quantitative estimate of drug-likeness (QED) is 0.863. The highest BCUT2D eigenvalue weighted by atomic mass is 32.1. The Hall–Kier alpha value is -0.420. The van der Waals surface area contributed by atoms with Crippen molar-refractivity contribution in [1.82, 2.24) is 5.32 Å². The molecule has 4 heteroatoms. The van der Waals surface area contributed by atoms with Crippen LogP contribution in [0.15, 0.2) is 12.1 Å². The number of aryl methyl sites for hydroxylation is 1. The average Bonchev–Trinajstić information content (AvgIpc) is 2.84. The molecule has 1 aromatic heterocycles. The van der Waals surface area contributed by atoms with E-state index in [1.165, 1.54) is 9.75 Å². The zero-order chi connectivity index (χ0) is 13.0. The molecule has 0 saturated carbocycles. The van der Waals surface area contributed by atoms with Gasteiger partial charge in [-0.05, 0) is 38.8 Å². The Morgan fingerprint density at radius 1 is 1.44 bits per heavy atom.